The van der Waals surface area contributed by atoms with Crippen LogP contribution in [0.1, 0.15) is 42.3 Å². The summed E-state index contributed by atoms with van der Waals surface area (Å²) in [5.74, 6) is -0.0637. The molecule has 4 rings (SSSR count). The van der Waals surface area contributed by atoms with Crippen LogP contribution >= 0.6 is 0 Å². The number of hydrogen-bond donors (Lipinski definition) is 1. The average molecular weight is 394 g/mol. The van der Waals surface area contributed by atoms with E-state index in [2.05, 4.69) is 60.2 Å². The van der Waals surface area contributed by atoms with Gasteiger partial charge in [0.25, 0.3) is 5.91 Å². The molecule has 1 saturated heterocycles. The maximum Gasteiger partial charge on any atom is 0.255 e. The molecule has 5 nitrogen and oxygen atoms in total. The fraction of sp³-hybridized carbons (Fsp3) is 0.458. The van der Waals surface area contributed by atoms with Gasteiger partial charge >= 0.3 is 0 Å². The van der Waals surface area contributed by atoms with Gasteiger partial charge in [-0.1, -0.05) is 18.2 Å². The molecule has 1 N–H and O–H groups in total. The van der Waals surface area contributed by atoms with Crippen molar-refractivity contribution >= 4 is 17.3 Å². The Kier molecular flexibility index (Phi) is 5.88. The Morgan fingerprint density at radius 1 is 1.10 bits per heavy atom. The van der Waals surface area contributed by atoms with Gasteiger partial charge in [0.15, 0.2) is 0 Å². The topological polar surface area (TPSA) is 44.8 Å². The second-order valence-electron chi connectivity index (χ2n) is 8.28. The predicted octanol–water partition coefficient (Wildman–Crippen LogP) is 3.93. The standard InChI is InChI=1S/C24H31N3O2/c1-4-27-12-11-20-9-10-22(13-23(20)27)25-24(28)21-7-5-19(6-8-21)16-26-14-17(2)29-18(3)15-26/h5-10,13,17-18H,4,11-12,14-16H2,1-3H3,(H,25,28). The first-order valence-corrected chi connectivity index (χ1v) is 10.7. The molecule has 0 aromatic heterocycles. The maximum absolute atomic E-state index is 12.7. The Labute approximate surface area is 173 Å². The van der Waals surface area contributed by atoms with Crippen LogP contribution in [0.4, 0.5) is 11.4 Å². The van der Waals surface area contributed by atoms with Crippen molar-refractivity contribution in [3.05, 3.63) is 59.2 Å². The molecule has 2 aliphatic heterocycles. The van der Waals surface area contributed by atoms with Gasteiger partial charge in [-0.25, -0.2) is 0 Å². The molecule has 2 aromatic carbocycles. The summed E-state index contributed by atoms with van der Waals surface area (Å²) in [6.07, 6.45) is 1.61. The van der Waals surface area contributed by atoms with Crippen LogP contribution in [-0.2, 0) is 17.7 Å². The van der Waals surface area contributed by atoms with E-state index in [9.17, 15) is 4.79 Å². The van der Waals surface area contributed by atoms with Gasteiger partial charge in [-0.15, -0.1) is 0 Å². The van der Waals surface area contributed by atoms with Crippen molar-refractivity contribution in [2.45, 2.75) is 45.9 Å². The highest BCUT2D eigenvalue weighted by Gasteiger charge is 2.22. The van der Waals surface area contributed by atoms with Crippen molar-refractivity contribution in [2.24, 2.45) is 0 Å². The van der Waals surface area contributed by atoms with Crippen molar-refractivity contribution in [1.82, 2.24) is 4.90 Å². The van der Waals surface area contributed by atoms with Gasteiger partial charge in [0.2, 0.25) is 0 Å². The number of nitrogens with one attached hydrogen (secondary N) is 1. The molecule has 1 fully saturated rings. The van der Waals surface area contributed by atoms with Gasteiger partial charge in [-0.3, -0.25) is 9.69 Å². The number of nitrogens with zero attached hydrogens (tertiary/aromatic N) is 2. The van der Waals surface area contributed by atoms with E-state index >= 15 is 0 Å². The number of hydrogen-bond acceptors (Lipinski definition) is 4. The number of carbonyl (C=O) groups excluding carboxylic acids is 1. The SMILES string of the molecule is CCN1CCc2ccc(NC(=O)c3ccc(CN4CC(C)OC(C)C4)cc3)cc21. The van der Waals surface area contributed by atoms with Crippen LogP contribution < -0.4 is 10.2 Å². The summed E-state index contributed by atoms with van der Waals surface area (Å²) >= 11 is 0. The summed E-state index contributed by atoms with van der Waals surface area (Å²) in [7, 11) is 0. The van der Waals surface area contributed by atoms with Crippen LogP contribution in [0.3, 0.4) is 0 Å². The fourth-order valence-corrected chi connectivity index (χ4v) is 4.49. The van der Waals surface area contributed by atoms with Crippen molar-refractivity contribution in [3.63, 3.8) is 0 Å². The van der Waals surface area contributed by atoms with Crippen molar-refractivity contribution in [2.75, 3.05) is 36.4 Å². The lowest BCUT2D eigenvalue weighted by molar-refractivity contribution is -0.0704. The summed E-state index contributed by atoms with van der Waals surface area (Å²) in [5, 5.41) is 3.05. The molecular weight excluding hydrogens is 362 g/mol. The molecular formula is C24H31N3O2. The number of fused-ring (bicyclic) bond motifs is 1. The number of ether oxygens (including phenoxy) is 1. The van der Waals surface area contributed by atoms with Gasteiger partial charge < -0.3 is 15.0 Å². The lowest BCUT2D eigenvalue weighted by Crippen LogP contribution is -2.44. The zero-order valence-electron chi connectivity index (χ0n) is 17.6. The highest BCUT2D eigenvalue weighted by atomic mass is 16.5. The van der Waals surface area contributed by atoms with Gasteiger partial charge in [-0.2, -0.15) is 0 Å². The van der Waals surface area contributed by atoms with Crippen LogP contribution in [0.2, 0.25) is 0 Å². The molecule has 0 saturated carbocycles. The van der Waals surface area contributed by atoms with Crippen molar-refractivity contribution < 1.29 is 9.53 Å². The zero-order chi connectivity index (χ0) is 20.4. The number of carbonyl (C=O) groups is 1. The highest BCUT2D eigenvalue weighted by molar-refractivity contribution is 6.04. The second-order valence-corrected chi connectivity index (χ2v) is 8.28. The number of morpholine rings is 1. The van der Waals surface area contributed by atoms with Crippen LogP contribution in [0, 0.1) is 0 Å². The van der Waals surface area contributed by atoms with Gasteiger partial charge in [0, 0.05) is 49.7 Å². The Balaban J connectivity index is 1.38. The van der Waals surface area contributed by atoms with E-state index in [1.165, 1.54) is 16.8 Å². The molecule has 2 heterocycles. The molecule has 2 atom stereocenters. The van der Waals surface area contributed by atoms with Crippen molar-refractivity contribution in [1.29, 1.82) is 0 Å². The molecule has 0 aliphatic carbocycles. The summed E-state index contributed by atoms with van der Waals surface area (Å²) < 4.78 is 5.81. The molecule has 0 spiro atoms. The van der Waals surface area contributed by atoms with E-state index in [0.717, 1.165) is 44.8 Å². The minimum Gasteiger partial charge on any atom is -0.373 e. The number of benzene rings is 2. The summed E-state index contributed by atoms with van der Waals surface area (Å²) in [5.41, 5.74) is 5.37. The summed E-state index contributed by atoms with van der Waals surface area (Å²) in [6.45, 7) is 11.2. The molecule has 0 bridgehead atoms. The van der Waals surface area contributed by atoms with E-state index in [1.54, 1.807) is 0 Å². The number of likely N-dealkylation sites (N-methyl/N-ethyl adjacent to an activating group) is 1. The lowest BCUT2D eigenvalue weighted by Gasteiger charge is -2.35. The predicted molar refractivity (Wildman–Crippen MR) is 118 cm³/mol. The molecule has 154 valence electrons. The summed E-state index contributed by atoms with van der Waals surface area (Å²) in [6, 6.07) is 14.2. The van der Waals surface area contributed by atoms with Gasteiger partial charge in [0.1, 0.15) is 0 Å². The van der Waals surface area contributed by atoms with Gasteiger partial charge in [0.05, 0.1) is 12.2 Å². The first kappa shape index (κ1) is 19.9. The first-order valence-electron chi connectivity index (χ1n) is 10.7. The van der Waals surface area contributed by atoms with E-state index in [-0.39, 0.29) is 18.1 Å². The lowest BCUT2D eigenvalue weighted by atomic mass is 10.1. The Morgan fingerprint density at radius 3 is 2.52 bits per heavy atom. The molecule has 2 aliphatic rings. The van der Waals surface area contributed by atoms with Crippen molar-refractivity contribution in [3.8, 4) is 0 Å². The van der Waals surface area contributed by atoms with Crippen LogP contribution in [0.25, 0.3) is 0 Å². The fourth-order valence-electron chi connectivity index (χ4n) is 4.49. The minimum atomic E-state index is -0.0637. The highest BCUT2D eigenvalue weighted by Crippen LogP contribution is 2.30. The van der Waals surface area contributed by atoms with Crippen LogP contribution in [0.15, 0.2) is 42.5 Å². The quantitative estimate of drug-likeness (QED) is 0.836. The minimum absolute atomic E-state index is 0.0637. The van der Waals surface area contributed by atoms with Crippen LogP contribution in [-0.4, -0.2) is 49.2 Å². The van der Waals surface area contributed by atoms with Crippen LogP contribution in [0.5, 0.6) is 0 Å². The third-order valence-corrected chi connectivity index (χ3v) is 5.83. The van der Waals surface area contributed by atoms with E-state index in [0.29, 0.717) is 5.56 Å². The van der Waals surface area contributed by atoms with E-state index in [4.69, 9.17) is 4.74 Å². The van der Waals surface area contributed by atoms with E-state index < -0.39 is 0 Å². The third kappa shape index (κ3) is 4.62. The summed E-state index contributed by atoms with van der Waals surface area (Å²) in [4.78, 5) is 17.5. The number of amides is 1. The molecule has 2 unspecified atom stereocenters. The smallest absolute Gasteiger partial charge is 0.255 e. The molecule has 5 heteroatoms. The third-order valence-electron chi connectivity index (χ3n) is 5.83. The molecule has 2 aromatic rings. The zero-order valence-corrected chi connectivity index (χ0v) is 17.6. The average Bonchev–Trinajstić information content (AvgIpc) is 3.10. The molecule has 1 amide bonds. The maximum atomic E-state index is 12.7. The Hall–Kier alpha value is -2.37. The first-order chi connectivity index (χ1) is 14.0. The molecule has 0 radical (unpaired) electrons. The largest absolute Gasteiger partial charge is 0.373 e. The number of rotatable bonds is 5. The molecule has 29 heavy (non-hydrogen) atoms. The number of anilines is 2. The van der Waals surface area contributed by atoms with Gasteiger partial charge in [-0.05, 0) is 62.6 Å². The monoisotopic (exact) mass is 393 g/mol. The van der Waals surface area contributed by atoms with E-state index in [1.807, 2.05) is 18.2 Å². The Morgan fingerprint density at radius 2 is 1.83 bits per heavy atom. The Bertz CT molecular complexity index is 855. The normalized spacial score (nSPS) is 21.8. The second kappa shape index (κ2) is 8.56.